The zero-order valence-corrected chi connectivity index (χ0v) is 15.3. The second-order valence-corrected chi connectivity index (χ2v) is 6.74. The van der Waals surface area contributed by atoms with Gasteiger partial charge in [-0.25, -0.2) is 9.97 Å². The molecule has 1 aromatic heterocycles. The lowest BCUT2D eigenvalue weighted by atomic mass is 10.1. The van der Waals surface area contributed by atoms with Crippen molar-refractivity contribution in [3.63, 3.8) is 0 Å². The average Bonchev–Trinajstić information content (AvgIpc) is 2.41. The molecular formula is C14H14Br2ClN3. The van der Waals surface area contributed by atoms with Gasteiger partial charge in [0.1, 0.15) is 5.82 Å². The van der Waals surface area contributed by atoms with Gasteiger partial charge in [0.15, 0.2) is 5.82 Å². The van der Waals surface area contributed by atoms with Gasteiger partial charge in [-0.3, -0.25) is 0 Å². The molecule has 0 saturated heterocycles. The van der Waals surface area contributed by atoms with E-state index in [2.05, 4.69) is 61.0 Å². The molecular weight excluding hydrogens is 405 g/mol. The van der Waals surface area contributed by atoms with Gasteiger partial charge in [-0.05, 0) is 40.0 Å². The third-order valence-corrected chi connectivity index (χ3v) is 4.43. The number of halogens is 3. The number of rotatable bonds is 3. The summed E-state index contributed by atoms with van der Waals surface area (Å²) >= 11 is 13.3. The molecule has 2 rings (SSSR count). The van der Waals surface area contributed by atoms with Crippen LogP contribution in [0.5, 0.6) is 0 Å². The molecule has 6 heteroatoms. The largest absolute Gasteiger partial charge is 0.372 e. The van der Waals surface area contributed by atoms with Gasteiger partial charge < -0.3 is 5.32 Å². The third kappa shape index (κ3) is 3.15. The van der Waals surface area contributed by atoms with Crippen molar-refractivity contribution in [3.05, 3.63) is 37.9 Å². The van der Waals surface area contributed by atoms with Gasteiger partial charge in [0.2, 0.25) is 0 Å². The van der Waals surface area contributed by atoms with E-state index in [1.54, 1.807) is 0 Å². The quantitative estimate of drug-likeness (QED) is 0.715. The summed E-state index contributed by atoms with van der Waals surface area (Å²) in [7, 11) is 1.84. The molecule has 2 aromatic rings. The molecule has 0 atom stereocenters. The Hall–Kier alpha value is -0.650. The van der Waals surface area contributed by atoms with Gasteiger partial charge in [-0.2, -0.15) is 0 Å². The van der Waals surface area contributed by atoms with Crippen LogP contribution in [0, 0.1) is 0 Å². The lowest BCUT2D eigenvalue weighted by Crippen LogP contribution is -2.04. The molecule has 3 nitrogen and oxygen atoms in total. The lowest BCUT2D eigenvalue weighted by Gasteiger charge is -2.14. The van der Waals surface area contributed by atoms with E-state index >= 15 is 0 Å². The first-order valence-corrected chi connectivity index (χ1v) is 8.11. The van der Waals surface area contributed by atoms with Crippen molar-refractivity contribution in [3.8, 4) is 11.4 Å². The van der Waals surface area contributed by atoms with E-state index in [0.717, 1.165) is 26.0 Å². The Morgan fingerprint density at radius 1 is 1.20 bits per heavy atom. The average molecular weight is 420 g/mol. The molecule has 0 spiro atoms. The fraction of sp³-hybridized carbons (Fsp3) is 0.286. The fourth-order valence-electron chi connectivity index (χ4n) is 1.80. The molecule has 20 heavy (non-hydrogen) atoms. The highest BCUT2D eigenvalue weighted by Crippen LogP contribution is 2.34. The van der Waals surface area contributed by atoms with E-state index < -0.39 is 0 Å². The van der Waals surface area contributed by atoms with E-state index in [1.165, 1.54) is 0 Å². The number of hydrogen-bond acceptors (Lipinski definition) is 3. The predicted octanol–water partition coefficient (Wildman–Crippen LogP) is 5.49. The van der Waals surface area contributed by atoms with E-state index in [4.69, 9.17) is 11.6 Å². The van der Waals surface area contributed by atoms with E-state index in [9.17, 15) is 0 Å². The normalized spacial score (nSPS) is 10.9. The van der Waals surface area contributed by atoms with Gasteiger partial charge in [0.25, 0.3) is 0 Å². The fourth-order valence-corrected chi connectivity index (χ4v) is 3.20. The van der Waals surface area contributed by atoms with Crippen LogP contribution in [0.3, 0.4) is 0 Å². The Balaban J connectivity index is 2.68. The van der Waals surface area contributed by atoms with Crippen molar-refractivity contribution >= 4 is 49.3 Å². The summed E-state index contributed by atoms with van der Waals surface area (Å²) in [5.41, 5.74) is 1.77. The number of nitrogens with one attached hydrogen (secondary N) is 1. The summed E-state index contributed by atoms with van der Waals surface area (Å²) in [6, 6.07) is 5.66. The van der Waals surface area contributed by atoms with Gasteiger partial charge >= 0.3 is 0 Å². The standard InChI is InChI=1S/C14H14Br2ClN3/c1-7(2)12-11(16)14(18-3)20-13(19-12)9-6-8(15)4-5-10(9)17/h4-7H,1-3H3,(H,18,19,20). The van der Waals surface area contributed by atoms with Crippen LogP contribution in [-0.4, -0.2) is 17.0 Å². The number of anilines is 1. The maximum Gasteiger partial charge on any atom is 0.163 e. The molecule has 0 aliphatic carbocycles. The highest BCUT2D eigenvalue weighted by molar-refractivity contribution is 9.11. The van der Waals surface area contributed by atoms with Crippen molar-refractivity contribution in [1.82, 2.24) is 9.97 Å². The van der Waals surface area contributed by atoms with Gasteiger partial charge in [0.05, 0.1) is 15.2 Å². The van der Waals surface area contributed by atoms with Crippen molar-refractivity contribution in [2.45, 2.75) is 19.8 Å². The van der Waals surface area contributed by atoms with Crippen LogP contribution in [0.15, 0.2) is 27.1 Å². The van der Waals surface area contributed by atoms with Crippen molar-refractivity contribution in [2.24, 2.45) is 0 Å². The first kappa shape index (κ1) is 15.7. The Morgan fingerprint density at radius 2 is 1.90 bits per heavy atom. The molecule has 0 bridgehead atoms. The van der Waals surface area contributed by atoms with Crippen molar-refractivity contribution in [2.75, 3.05) is 12.4 Å². The van der Waals surface area contributed by atoms with Gasteiger partial charge in [-0.15, -0.1) is 0 Å². The minimum atomic E-state index is 0.282. The summed E-state index contributed by atoms with van der Waals surface area (Å²) in [6.45, 7) is 4.19. The number of benzene rings is 1. The molecule has 1 N–H and O–H groups in total. The van der Waals surface area contributed by atoms with Crippen LogP contribution in [-0.2, 0) is 0 Å². The highest BCUT2D eigenvalue weighted by atomic mass is 79.9. The number of aromatic nitrogens is 2. The molecule has 0 saturated carbocycles. The van der Waals surface area contributed by atoms with E-state index in [-0.39, 0.29) is 5.92 Å². The first-order chi connectivity index (χ1) is 9.43. The number of hydrogen-bond donors (Lipinski definition) is 1. The lowest BCUT2D eigenvalue weighted by molar-refractivity contribution is 0.810. The van der Waals surface area contributed by atoms with Gasteiger partial charge in [0, 0.05) is 17.1 Å². The molecule has 1 aromatic carbocycles. The summed E-state index contributed by atoms with van der Waals surface area (Å²) in [5, 5.41) is 3.71. The Kier molecular flexibility index (Phi) is 5.04. The molecule has 0 fully saturated rings. The molecule has 0 aliphatic heterocycles. The van der Waals surface area contributed by atoms with Crippen molar-refractivity contribution in [1.29, 1.82) is 0 Å². The van der Waals surface area contributed by atoms with Gasteiger partial charge in [-0.1, -0.05) is 41.4 Å². The highest BCUT2D eigenvalue weighted by Gasteiger charge is 2.16. The smallest absolute Gasteiger partial charge is 0.163 e. The minimum absolute atomic E-state index is 0.282. The molecule has 0 unspecified atom stereocenters. The van der Waals surface area contributed by atoms with Crippen LogP contribution in [0.25, 0.3) is 11.4 Å². The maximum atomic E-state index is 6.27. The van der Waals surface area contributed by atoms with Crippen LogP contribution in [0.4, 0.5) is 5.82 Å². The minimum Gasteiger partial charge on any atom is -0.372 e. The monoisotopic (exact) mass is 417 g/mol. The topological polar surface area (TPSA) is 37.8 Å². The third-order valence-electron chi connectivity index (χ3n) is 2.83. The predicted molar refractivity (Wildman–Crippen MR) is 91.5 cm³/mol. The molecule has 0 radical (unpaired) electrons. The summed E-state index contributed by atoms with van der Waals surface area (Å²) in [4.78, 5) is 9.18. The van der Waals surface area contributed by atoms with Crippen molar-refractivity contribution < 1.29 is 0 Å². The SMILES string of the molecule is CNc1nc(-c2cc(Br)ccc2Cl)nc(C(C)C)c1Br. The summed E-state index contributed by atoms with van der Waals surface area (Å²) in [6.07, 6.45) is 0. The molecule has 0 aliphatic rings. The summed E-state index contributed by atoms with van der Waals surface area (Å²) in [5.74, 6) is 1.66. The van der Waals surface area contributed by atoms with E-state index in [0.29, 0.717) is 10.8 Å². The Morgan fingerprint density at radius 3 is 2.50 bits per heavy atom. The molecule has 0 amide bonds. The Bertz CT molecular complexity index is 645. The number of nitrogens with zero attached hydrogens (tertiary/aromatic N) is 2. The second kappa shape index (κ2) is 6.41. The summed E-state index contributed by atoms with van der Waals surface area (Å²) < 4.78 is 1.84. The van der Waals surface area contributed by atoms with Crippen LogP contribution >= 0.6 is 43.5 Å². The zero-order chi connectivity index (χ0) is 14.9. The second-order valence-electron chi connectivity index (χ2n) is 4.62. The van der Waals surface area contributed by atoms with Crippen LogP contribution < -0.4 is 5.32 Å². The van der Waals surface area contributed by atoms with E-state index in [1.807, 2.05) is 25.2 Å². The van der Waals surface area contributed by atoms with Crippen LogP contribution in [0.1, 0.15) is 25.5 Å². The molecule has 106 valence electrons. The molecule has 1 heterocycles. The maximum absolute atomic E-state index is 6.27. The first-order valence-electron chi connectivity index (χ1n) is 6.14. The van der Waals surface area contributed by atoms with Crippen LogP contribution in [0.2, 0.25) is 5.02 Å². The Labute approximate surface area is 140 Å². The zero-order valence-electron chi connectivity index (χ0n) is 11.3.